The molecule has 0 saturated carbocycles. The first-order chi connectivity index (χ1) is 12.6. The van der Waals surface area contributed by atoms with Crippen LogP contribution in [0.3, 0.4) is 0 Å². The first-order valence-electron chi connectivity index (χ1n) is 8.54. The minimum absolute atomic E-state index is 0.00362. The lowest BCUT2D eigenvalue weighted by molar-refractivity contribution is 0.287. The summed E-state index contributed by atoms with van der Waals surface area (Å²) in [5.74, 6) is 2.04. The number of thiocarbonyl (C=S) groups is 1. The summed E-state index contributed by atoms with van der Waals surface area (Å²) in [6.07, 6.45) is 1.67. The number of pyridine rings is 1. The quantitative estimate of drug-likeness (QED) is 0.678. The molecule has 0 amide bonds. The summed E-state index contributed by atoms with van der Waals surface area (Å²) in [5, 5.41) is 6.88. The van der Waals surface area contributed by atoms with E-state index in [1.807, 2.05) is 45.0 Å². The monoisotopic (exact) mass is 375 g/mol. The molecule has 0 radical (unpaired) electrons. The minimum atomic E-state index is -0.00362. The van der Waals surface area contributed by atoms with Gasteiger partial charge in [0.05, 0.1) is 38.2 Å². The van der Waals surface area contributed by atoms with Gasteiger partial charge < -0.3 is 24.8 Å². The summed E-state index contributed by atoms with van der Waals surface area (Å²) >= 11 is 5.39. The summed E-state index contributed by atoms with van der Waals surface area (Å²) in [6, 6.07) is 9.53. The van der Waals surface area contributed by atoms with Gasteiger partial charge in [-0.05, 0) is 56.8 Å². The second-order valence-electron chi connectivity index (χ2n) is 5.48. The number of methoxy groups -OCH3 is 1. The van der Waals surface area contributed by atoms with Gasteiger partial charge in [-0.1, -0.05) is 6.07 Å². The molecule has 140 valence electrons. The van der Waals surface area contributed by atoms with Crippen molar-refractivity contribution < 1.29 is 14.2 Å². The first-order valence-corrected chi connectivity index (χ1v) is 8.95. The van der Waals surface area contributed by atoms with E-state index in [1.165, 1.54) is 0 Å². The zero-order valence-corrected chi connectivity index (χ0v) is 16.4. The van der Waals surface area contributed by atoms with Crippen LogP contribution >= 0.6 is 12.2 Å². The van der Waals surface area contributed by atoms with Gasteiger partial charge in [0.2, 0.25) is 5.88 Å². The average Bonchev–Trinajstić information content (AvgIpc) is 2.64. The molecule has 7 heteroatoms. The fraction of sp³-hybridized carbons (Fsp3) is 0.368. The molecular formula is C19H25N3O3S. The van der Waals surface area contributed by atoms with Crippen molar-refractivity contribution in [1.82, 2.24) is 10.3 Å². The van der Waals surface area contributed by atoms with E-state index in [-0.39, 0.29) is 6.04 Å². The average molecular weight is 375 g/mol. The standard InChI is InChI=1S/C19H25N3O3S/c1-5-24-16-9-7-14(11-17(16)25-6-2)13(3)21-19(26)22-15-8-10-18(23-4)20-12-15/h7-13H,5-6H2,1-4H3,(H2,21,22,26). The second kappa shape index (κ2) is 9.82. The first kappa shape index (κ1) is 19.8. The largest absolute Gasteiger partial charge is 0.490 e. The number of rotatable bonds is 8. The van der Waals surface area contributed by atoms with Gasteiger partial charge in [-0.2, -0.15) is 0 Å². The number of aromatic nitrogens is 1. The van der Waals surface area contributed by atoms with E-state index >= 15 is 0 Å². The molecule has 0 saturated heterocycles. The van der Waals surface area contributed by atoms with Crippen molar-refractivity contribution >= 4 is 23.0 Å². The van der Waals surface area contributed by atoms with Gasteiger partial charge >= 0.3 is 0 Å². The van der Waals surface area contributed by atoms with Gasteiger partial charge in [0, 0.05) is 6.07 Å². The number of ether oxygens (including phenoxy) is 3. The van der Waals surface area contributed by atoms with Crippen LogP contribution in [-0.4, -0.2) is 30.4 Å². The Bertz CT molecular complexity index is 722. The van der Waals surface area contributed by atoms with E-state index in [4.69, 9.17) is 26.4 Å². The maximum Gasteiger partial charge on any atom is 0.213 e. The van der Waals surface area contributed by atoms with E-state index in [1.54, 1.807) is 19.4 Å². The summed E-state index contributed by atoms with van der Waals surface area (Å²) in [5.41, 5.74) is 1.84. The fourth-order valence-corrected chi connectivity index (χ4v) is 2.65. The van der Waals surface area contributed by atoms with Gasteiger partial charge in [-0.15, -0.1) is 0 Å². The van der Waals surface area contributed by atoms with Gasteiger partial charge in [0.1, 0.15) is 0 Å². The molecule has 6 nitrogen and oxygen atoms in total. The number of anilines is 1. The number of hydrogen-bond acceptors (Lipinski definition) is 5. The summed E-state index contributed by atoms with van der Waals surface area (Å²) in [4.78, 5) is 4.14. The lowest BCUT2D eigenvalue weighted by Gasteiger charge is -2.19. The Morgan fingerprint density at radius 2 is 1.85 bits per heavy atom. The van der Waals surface area contributed by atoms with E-state index in [0.29, 0.717) is 24.2 Å². The molecule has 1 aromatic heterocycles. The molecule has 1 heterocycles. The third kappa shape index (κ3) is 5.49. The topological polar surface area (TPSA) is 64.6 Å². The second-order valence-corrected chi connectivity index (χ2v) is 5.89. The molecule has 0 spiro atoms. The van der Waals surface area contributed by atoms with Crippen molar-refractivity contribution in [3.8, 4) is 17.4 Å². The Morgan fingerprint density at radius 1 is 1.12 bits per heavy atom. The van der Waals surface area contributed by atoms with E-state index in [9.17, 15) is 0 Å². The highest BCUT2D eigenvalue weighted by atomic mass is 32.1. The van der Waals surface area contributed by atoms with E-state index in [2.05, 4.69) is 15.6 Å². The lowest BCUT2D eigenvalue weighted by atomic mass is 10.1. The molecule has 0 aliphatic heterocycles. The Morgan fingerprint density at radius 3 is 2.46 bits per heavy atom. The number of nitrogens with one attached hydrogen (secondary N) is 2. The molecule has 0 bridgehead atoms. The van der Waals surface area contributed by atoms with Crippen LogP contribution in [0.25, 0.3) is 0 Å². The predicted molar refractivity (Wildman–Crippen MR) is 107 cm³/mol. The van der Waals surface area contributed by atoms with Crippen molar-refractivity contribution in [3.63, 3.8) is 0 Å². The fourth-order valence-electron chi connectivity index (χ4n) is 2.36. The molecule has 0 fully saturated rings. The number of benzene rings is 1. The normalized spacial score (nSPS) is 11.4. The van der Waals surface area contributed by atoms with Crippen LogP contribution in [0.15, 0.2) is 36.5 Å². The van der Waals surface area contributed by atoms with Gasteiger partial charge in [0.15, 0.2) is 16.6 Å². The van der Waals surface area contributed by atoms with Gasteiger partial charge in [-0.3, -0.25) is 0 Å². The zero-order chi connectivity index (χ0) is 18.9. The smallest absolute Gasteiger partial charge is 0.213 e. The molecule has 26 heavy (non-hydrogen) atoms. The number of hydrogen-bond donors (Lipinski definition) is 2. The Hall–Kier alpha value is -2.54. The maximum atomic E-state index is 5.68. The Balaban J connectivity index is 2.02. The molecule has 1 unspecified atom stereocenters. The summed E-state index contributed by atoms with van der Waals surface area (Å²) < 4.78 is 16.3. The third-order valence-corrected chi connectivity index (χ3v) is 3.84. The van der Waals surface area contributed by atoms with Crippen molar-refractivity contribution in [2.24, 2.45) is 0 Å². The summed E-state index contributed by atoms with van der Waals surface area (Å²) in [7, 11) is 1.58. The highest BCUT2D eigenvalue weighted by molar-refractivity contribution is 7.80. The highest BCUT2D eigenvalue weighted by Gasteiger charge is 2.12. The Labute approximate surface area is 159 Å². The van der Waals surface area contributed by atoms with E-state index < -0.39 is 0 Å². The third-order valence-electron chi connectivity index (χ3n) is 3.62. The number of nitrogens with zero attached hydrogens (tertiary/aromatic N) is 1. The van der Waals surface area contributed by atoms with Crippen LogP contribution < -0.4 is 24.8 Å². The van der Waals surface area contributed by atoms with Crippen LogP contribution in [-0.2, 0) is 0 Å². The van der Waals surface area contributed by atoms with Crippen molar-refractivity contribution in [3.05, 3.63) is 42.1 Å². The predicted octanol–water partition coefficient (Wildman–Crippen LogP) is 3.94. The zero-order valence-electron chi connectivity index (χ0n) is 15.5. The molecule has 2 aromatic rings. The molecule has 1 atom stereocenters. The molecular weight excluding hydrogens is 350 g/mol. The van der Waals surface area contributed by atoms with Crippen LogP contribution in [0.1, 0.15) is 32.4 Å². The summed E-state index contributed by atoms with van der Waals surface area (Å²) in [6.45, 7) is 7.11. The molecule has 2 rings (SSSR count). The van der Waals surface area contributed by atoms with Crippen LogP contribution in [0.5, 0.6) is 17.4 Å². The van der Waals surface area contributed by atoms with Crippen LogP contribution in [0.4, 0.5) is 5.69 Å². The van der Waals surface area contributed by atoms with E-state index in [0.717, 1.165) is 22.7 Å². The molecule has 2 N–H and O–H groups in total. The van der Waals surface area contributed by atoms with Crippen LogP contribution in [0, 0.1) is 0 Å². The highest BCUT2D eigenvalue weighted by Crippen LogP contribution is 2.30. The molecule has 0 aliphatic rings. The minimum Gasteiger partial charge on any atom is -0.490 e. The van der Waals surface area contributed by atoms with Crippen molar-refractivity contribution in [2.45, 2.75) is 26.8 Å². The molecule has 1 aromatic carbocycles. The van der Waals surface area contributed by atoms with Gasteiger partial charge in [-0.25, -0.2) is 4.98 Å². The Kier molecular flexibility index (Phi) is 7.47. The SMILES string of the molecule is CCOc1ccc(C(C)NC(=S)Nc2ccc(OC)nc2)cc1OCC. The maximum absolute atomic E-state index is 5.68. The lowest BCUT2D eigenvalue weighted by Crippen LogP contribution is -2.30. The van der Waals surface area contributed by atoms with Crippen molar-refractivity contribution in [1.29, 1.82) is 0 Å². The van der Waals surface area contributed by atoms with Crippen LogP contribution in [0.2, 0.25) is 0 Å². The molecule has 0 aliphatic carbocycles. The van der Waals surface area contributed by atoms with Gasteiger partial charge in [0.25, 0.3) is 0 Å². The van der Waals surface area contributed by atoms with Crippen molar-refractivity contribution in [2.75, 3.05) is 25.6 Å².